The van der Waals surface area contributed by atoms with Crippen molar-refractivity contribution in [2.45, 2.75) is 194 Å². The van der Waals surface area contributed by atoms with Crippen LogP contribution in [0.5, 0.6) is 5.75 Å². The van der Waals surface area contributed by atoms with Crippen molar-refractivity contribution in [1.29, 1.82) is 0 Å². The van der Waals surface area contributed by atoms with Gasteiger partial charge in [-0.05, 0) is 49.2 Å². The smallest absolute Gasteiger partial charge is 0.305 e. The van der Waals surface area contributed by atoms with E-state index >= 15 is 0 Å². The predicted octanol–water partition coefficient (Wildman–Crippen LogP) is 14.8. The van der Waals surface area contributed by atoms with E-state index in [0.29, 0.717) is 37.5 Å². The molecule has 3 rings (SSSR count). The normalized spacial score (nSPS) is 11.4. The van der Waals surface area contributed by atoms with Crippen molar-refractivity contribution in [2.24, 2.45) is 0 Å². The van der Waals surface area contributed by atoms with E-state index in [4.69, 9.17) is 26.1 Å². The number of carbonyl (C=O) groups excluding carboxylic acids is 2. The van der Waals surface area contributed by atoms with Crippen molar-refractivity contribution in [3.8, 4) is 5.75 Å². The summed E-state index contributed by atoms with van der Waals surface area (Å²) in [6, 6.07) is 11.6. The number of nitrogens with one attached hydrogen (secondary N) is 1. The maximum Gasteiger partial charge on any atom is 0.305 e. The molecule has 7 nitrogen and oxygen atoms in total. The van der Waals surface area contributed by atoms with Crippen LogP contribution in [0, 0.1) is 0 Å². The molecule has 3 aromatic rings. The van der Waals surface area contributed by atoms with E-state index in [-0.39, 0.29) is 18.5 Å². The molecule has 0 fully saturated rings. The molecule has 0 aliphatic carbocycles. The number of halogens is 1. The van der Waals surface area contributed by atoms with Gasteiger partial charge in [0.25, 0.3) is 0 Å². The second-order valence-electron chi connectivity index (χ2n) is 16.5. The van der Waals surface area contributed by atoms with Crippen LogP contribution < -0.4 is 10.1 Å². The standard InChI is InChI=1S/C50H80ClN3O4/c1-4-6-8-10-12-14-16-18-20-22-24-26-28-30-48(55)54(38-39-58-49(56)31-29-27-25-23-21-19-17-15-13-11-9-7-5-2)37-36-52-50-44-34-32-42(51)40-47(44)53-46-35-33-43(57-3)41-45(46)50/h32-35,40-41H,4-31,36-39H2,1-3H3,(H,52,53). The number of hydrogen-bond donors (Lipinski definition) is 1. The summed E-state index contributed by atoms with van der Waals surface area (Å²) in [5.41, 5.74) is 2.57. The van der Waals surface area contributed by atoms with E-state index in [1.165, 1.54) is 141 Å². The second-order valence-corrected chi connectivity index (χ2v) is 17.0. The highest BCUT2D eigenvalue weighted by molar-refractivity contribution is 6.31. The van der Waals surface area contributed by atoms with Crippen LogP contribution in [0.25, 0.3) is 21.8 Å². The maximum absolute atomic E-state index is 13.6. The van der Waals surface area contributed by atoms with Crippen molar-refractivity contribution in [1.82, 2.24) is 9.88 Å². The van der Waals surface area contributed by atoms with E-state index in [1.54, 1.807) is 7.11 Å². The van der Waals surface area contributed by atoms with Crippen molar-refractivity contribution in [3.63, 3.8) is 0 Å². The van der Waals surface area contributed by atoms with E-state index in [0.717, 1.165) is 58.9 Å². The number of fused-ring (bicyclic) bond motifs is 2. The molecule has 0 saturated heterocycles. The Morgan fingerprint density at radius 2 is 1.12 bits per heavy atom. The van der Waals surface area contributed by atoms with Crippen LogP contribution in [0.2, 0.25) is 5.02 Å². The highest BCUT2D eigenvalue weighted by Gasteiger charge is 2.16. The number of nitrogens with zero attached hydrogens (tertiary/aromatic N) is 2. The predicted molar refractivity (Wildman–Crippen MR) is 247 cm³/mol. The third kappa shape index (κ3) is 20.8. The minimum atomic E-state index is -0.160. The van der Waals surface area contributed by atoms with Gasteiger partial charge in [0.05, 0.1) is 30.4 Å². The van der Waals surface area contributed by atoms with Gasteiger partial charge in [-0.3, -0.25) is 9.59 Å². The number of carbonyl (C=O) groups is 2. The Balaban J connectivity index is 1.44. The molecule has 0 aliphatic heterocycles. The number of rotatable bonds is 36. The lowest BCUT2D eigenvalue weighted by atomic mass is 10.0. The molecule has 0 saturated carbocycles. The van der Waals surface area contributed by atoms with Gasteiger partial charge < -0.3 is 19.7 Å². The average molecular weight is 823 g/mol. The number of ether oxygens (including phenoxy) is 2. The first kappa shape index (κ1) is 49.3. The summed E-state index contributed by atoms with van der Waals surface area (Å²) in [6.07, 6.45) is 34.1. The summed E-state index contributed by atoms with van der Waals surface area (Å²) >= 11 is 6.36. The molecular formula is C50H80ClN3O4. The number of pyridine rings is 1. The number of hydrogen-bond acceptors (Lipinski definition) is 6. The SMILES string of the molecule is CCCCCCCCCCCCCCCC(=O)OCCN(CCNc1c2ccc(Cl)cc2nc2ccc(OC)cc12)C(=O)CCCCCCCCCCCCCCC. The van der Waals surface area contributed by atoms with E-state index in [2.05, 4.69) is 19.2 Å². The first-order chi connectivity index (χ1) is 28.5. The second kappa shape index (κ2) is 31.8. The average Bonchev–Trinajstić information content (AvgIpc) is 3.22. The Kier molecular flexibility index (Phi) is 27.0. The van der Waals surface area contributed by atoms with Gasteiger partial charge in [-0.15, -0.1) is 0 Å². The highest BCUT2D eigenvalue weighted by Crippen LogP contribution is 2.34. The van der Waals surface area contributed by atoms with Crippen LogP contribution in [-0.2, 0) is 14.3 Å². The number of amides is 1. The third-order valence-corrected chi connectivity index (χ3v) is 11.8. The molecule has 0 bridgehead atoms. The van der Waals surface area contributed by atoms with Crippen LogP contribution >= 0.6 is 11.6 Å². The molecule has 0 spiro atoms. The minimum absolute atomic E-state index is 0.121. The molecule has 1 N–H and O–H groups in total. The topological polar surface area (TPSA) is 80.8 Å². The Morgan fingerprint density at radius 3 is 1.66 bits per heavy atom. The molecule has 8 heteroatoms. The van der Waals surface area contributed by atoms with Crippen molar-refractivity contribution >= 4 is 51.0 Å². The summed E-state index contributed by atoms with van der Waals surface area (Å²) in [4.78, 5) is 33.0. The number of aromatic nitrogens is 1. The lowest BCUT2D eigenvalue weighted by Crippen LogP contribution is -2.37. The Hall–Kier alpha value is -3.06. The van der Waals surface area contributed by atoms with Gasteiger partial charge in [-0.2, -0.15) is 0 Å². The number of methoxy groups -OCH3 is 1. The lowest BCUT2D eigenvalue weighted by molar-refractivity contribution is -0.146. The van der Waals surface area contributed by atoms with Crippen LogP contribution in [0.15, 0.2) is 36.4 Å². The molecular weight excluding hydrogens is 742 g/mol. The molecule has 1 heterocycles. The molecule has 326 valence electrons. The largest absolute Gasteiger partial charge is 0.497 e. The van der Waals surface area contributed by atoms with Crippen LogP contribution in [0.1, 0.15) is 194 Å². The monoisotopic (exact) mass is 822 g/mol. The molecule has 58 heavy (non-hydrogen) atoms. The molecule has 0 aliphatic rings. The Bertz CT molecular complexity index is 1550. The zero-order chi connectivity index (χ0) is 41.5. The van der Waals surface area contributed by atoms with Gasteiger partial charge in [0, 0.05) is 41.7 Å². The molecule has 0 radical (unpaired) electrons. The summed E-state index contributed by atoms with van der Waals surface area (Å²) in [6.45, 7) is 6.19. The Morgan fingerprint density at radius 1 is 0.603 bits per heavy atom. The van der Waals surface area contributed by atoms with Crippen LogP contribution in [0.3, 0.4) is 0 Å². The van der Waals surface area contributed by atoms with Gasteiger partial charge in [0.1, 0.15) is 12.4 Å². The van der Waals surface area contributed by atoms with E-state index in [1.807, 2.05) is 41.3 Å². The third-order valence-electron chi connectivity index (χ3n) is 11.6. The van der Waals surface area contributed by atoms with Crippen molar-refractivity contribution in [3.05, 3.63) is 41.4 Å². The van der Waals surface area contributed by atoms with E-state index in [9.17, 15) is 9.59 Å². The van der Waals surface area contributed by atoms with Gasteiger partial charge >= 0.3 is 5.97 Å². The maximum atomic E-state index is 13.6. The summed E-state index contributed by atoms with van der Waals surface area (Å²) in [7, 11) is 1.66. The molecule has 1 amide bonds. The fraction of sp³-hybridized carbons (Fsp3) is 0.700. The summed E-state index contributed by atoms with van der Waals surface area (Å²) in [5.74, 6) is 0.712. The zero-order valence-electron chi connectivity index (χ0n) is 37.0. The highest BCUT2D eigenvalue weighted by atomic mass is 35.5. The van der Waals surface area contributed by atoms with Gasteiger partial charge in [-0.1, -0.05) is 180 Å². The van der Waals surface area contributed by atoms with Crippen LogP contribution in [-0.4, -0.2) is 55.1 Å². The van der Waals surface area contributed by atoms with Gasteiger partial charge in [0.15, 0.2) is 0 Å². The molecule has 1 aromatic heterocycles. The fourth-order valence-corrected chi connectivity index (χ4v) is 8.14. The minimum Gasteiger partial charge on any atom is -0.497 e. The molecule has 2 aromatic carbocycles. The first-order valence-corrected chi connectivity index (χ1v) is 24.1. The first-order valence-electron chi connectivity index (χ1n) is 23.7. The Labute approximate surface area is 358 Å². The number of benzene rings is 2. The van der Waals surface area contributed by atoms with Gasteiger partial charge in [-0.25, -0.2) is 4.98 Å². The van der Waals surface area contributed by atoms with Crippen molar-refractivity contribution < 1.29 is 19.1 Å². The zero-order valence-corrected chi connectivity index (χ0v) is 37.8. The van der Waals surface area contributed by atoms with Crippen molar-refractivity contribution in [2.75, 3.05) is 38.7 Å². The number of anilines is 1. The fourth-order valence-electron chi connectivity index (χ4n) is 7.97. The summed E-state index contributed by atoms with van der Waals surface area (Å²) < 4.78 is 11.2. The number of esters is 1. The lowest BCUT2D eigenvalue weighted by Gasteiger charge is -2.24. The van der Waals surface area contributed by atoms with Gasteiger partial charge in [0.2, 0.25) is 5.91 Å². The van der Waals surface area contributed by atoms with E-state index < -0.39 is 0 Å². The quantitative estimate of drug-likeness (QED) is 0.0357. The van der Waals surface area contributed by atoms with Crippen LogP contribution in [0.4, 0.5) is 5.69 Å². The summed E-state index contributed by atoms with van der Waals surface area (Å²) in [5, 5.41) is 6.16. The number of unbranched alkanes of at least 4 members (excludes halogenated alkanes) is 24. The molecule has 0 atom stereocenters. The molecule has 0 unspecified atom stereocenters.